The maximum absolute atomic E-state index is 5.38. The van der Waals surface area contributed by atoms with E-state index in [1.807, 2.05) is 6.20 Å². The van der Waals surface area contributed by atoms with E-state index in [2.05, 4.69) is 46.2 Å². The Kier molecular flexibility index (Phi) is 6.23. The van der Waals surface area contributed by atoms with Crippen molar-refractivity contribution < 1.29 is 4.74 Å². The van der Waals surface area contributed by atoms with Crippen molar-refractivity contribution in [2.75, 3.05) is 20.3 Å². The molecule has 1 aliphatic rings. The highest BCUT2D eigenvalue weighted by Crippen LogP contribution is 2.22. The number of nitrogens with one attached hydrogen (secondary N) is 1. The van der Waals surface area contributed by atoms with Gasteiger partial charge in [-0.15, -0.1) is 0 Å². The fourth-order valence-corrected chi connectivity index (χ4v) is 3.42. The highest BCUT2D eigenvalue weighted by Gasteiger charge is 2.25. The number of aryl methyl sites for hydroxylation is 1. The third kappa shape index (κ3) is 4.28. The van der Waals surface area contributed by atoms with Crippen LogP contribution in [0.1, 0.15) is 49.4 Å². The molecule has 5 nitrogen and oxygen atoms in total. The van der Waals surface area contributed by atoms with Gasteiger partial charge in [-0.2, -0.15) is 5.10 Å². The summed E-state index contributed by atoms with van der Waals surface area (Å²) in [6.45, 7) is 3.92. The molecule has 1 saturated heterocycles. The molecule has 0 bridgehead atoms. The van der Waals surface area contributed by atoms with Crippen molar-refractivity contribution >= 4 is 5.71 Å². The normalized spacial score (nSPS) is 18.1. The van der Waals surface area contributed by atoms with E-state index in [0.717, 1.165) is 43.8 Å². The molecule has 25 heavy (non-hydrogen) atoms. The third-order valence-electron chi connectivity index (χ3n) is 4.76. The molecule has 1 atom stereocenters. The number of imidazole rings is 1. The van der Waals surface area contributed by atoms with Gasteiger partial charge in [-0.3, -0.25) is 5.01 Å². The maximum atomic E-state index is 5.38. The zero-order valence-corrected chi connectivity index (χ0v) is 15.2. The van der Waals surface area contributed by atoms with E-state index in [9.17, 15) is 0 Å². The topological polar surface area (TPSA) is 53.5 Å². The van der Waals surface area contributed by atoms with Crippen molar-refractivity contribution in [2.45, 2.75) is 45.1 Å². The molecule has 1 aromatic carbocycles. The van der Waals surface area contributed by atoms with Gasteiger partial charge in [-0.25, -0.2) is 4.98 Å². The Balaban J connectivity index is 1.98. The SMILES string of the molecule is CCCCc1ccccc1C(=NN1CCCC1COC)c1cnc[nH]1. The molecule has 1 unspecified atom stereocenters. The molecule has 1 fully saturated rings. The van der Waals surface area contributed by atoms with Crippen LogP contribution in [-0.4, -0.2) is 47.0 Å². The number of hydrazone groups is 1. The van der Waals surface area contributed by atoms with Gasteiger partial charge < -0.3 is 9.72 Å². The zero-order valence-electron chi connectivity index (χ0n) is 15.2. The van der Waals surface area contributed by atoms with E-state index in [-0.39, 0.29) is 0 Å². The van der Waals surface area contributed by atoms with Crippen molar-refractivity contribution in [2.24, 2.45) is 5.10 Å². The lowest BCUT2D eigenvalue weighted by atomic mass is 9.97. The summed E-state index contributed by atoms with van der Waals surface area (Å²) in [5.74, 6) is 0. The second-order valence-corrected chi connectivity index (χ2v) is 6.59. The first kappa shape index (κ1) is 17.7. The fraction of sp³-hybridized carbons (Fsp3) is 0.500. The number of benzene rings is 1. The molecule has 0 aliphatic carbocycles. The predicted octanol–water partition coefficient (Wildman–Crippen LogP) is 3.62. The number of aromatic nitrogens is 2. The van der Waals surface area contributed by atoms with Gasteiger partial charge in [0.2, 0.25) is 0 Å². The minimum Gasteiger partial charge on any atom is -0.382 e. The van der Waals surface area contributed by atoms with Gasteiger partial charge in [0.25, 0.3) is 0 Å². The lowest BCUT2D eigenvalue weighted by Gasteiger charge is -2.23. The minimum atomic E-state index is 0.353. The average molecular weight is 340 g/mol. The first-order valence-electron chi connectivity index (χ1n) is 9.24. The van der Waals surface area contributed by atoms with E-state index >= 15 is 0 Å². The molecule has 1 aliphatic heterocycles. The van der Waals surface area contributed by atoms with Crippen molar-refractivity contribution in [3.05, 3.63) is 53.6 Å². The first-order chi connectivity index (χ1) is 12.3. The van der Waals surface area contributed by atoms with Crippen molar-refractivity contribution in [1.82, 2.24) is 15.0 Å². The minimum absolute atomic E-state index is 0.353. The number of nitrogens with zero attached hydrogens (tertiary/aromatic N) is 3. The van der Waals surface area contributed by atoms with Gasteiger partial charge in [0, 0.05) is 19.2 Å². The number of rotatable bonds is 8. The number of methoxy groups -OCH3 is 1. The Labute approximate surface area is 150 Å². The Morgan fingerprint density at radius 1 is 1.40 bits per heavy atom. The lowest BCUT2D eigenvalue weighted by Crippen LogP contribution is -2.30. The Morgan fingerprint density at radius 2 is 2.28 bits per heavy atom. The van der Waals surface area contributed by atoms with Crippen molar-refractivity contribution in [3.8, 4) is 0 Å². The molecule has 134 valence electrons. The summed E-state index contributed by atoms with van der Waals surface area (Å²) in [5.41, 5.74) is 4.49. The largest absolute Gasteiger partial charge is 0.382 e. The van der Waals surface area contributed by atoms with Crippen LogP contribution in [0.5, 0.6) is 0 Å². The summed E-state index contributed by atoms with van der Waals surface area (Å²) in [4.78, 5) is 7.45. The average Bonchev–Trinajstić information content (AvgIpc) is 3.31. The molecule has 0 saturated carbocycles. The van der Waals surface area contributed by atoms with Gasteiger partial charge in [-0.05, 0) is 31.2 Å². The fourth-order valence-electron chi connectivity index (χ4n) is 3.42. The molecule has 0 spiro atoms. The standard InChI is InChI=1S/C20H28N4O/c1-3-4-8-16-9-5-6-11-18(16)20(19-13-21-15-22-19)23-24-12-7-10-17(24)14-25-2/h5-6,9,11,13,15,17H,3-4,7-8,10,12,14H2,1-2H3,(H,21,22). The molecular formula is C20H28N4O. The predicted molar refractivity (Wildman–Crippen MR) is 101 cm³/mol. The molecule has 0 radical (unpaired) electrons. The van der Waals surface area contributed by atoms with Gasteiger partial charge in [0.1, 0.15) is 5.71 Å². The molecule has 1 aromatic heterocycles. The number of unbranched alkanes of at least 4 members (excludes halogenated alkanes) is 1. The van der Waals surface area contributed by atoms with Crippen LogP contribution in [0.2, 0.25) is 0 Å². The number of ether oxygens (including phenoxy) is 1. The molecule has 1 N–H and O–H groups in total. The van der Waals surface area contributed by atoms with E-state index in [1.165, 1.54) is 24.0 Å². The van der Waals surface area contributed by atoms with Gasteiger partial charge in [0.05, 0.1) is 30.9 Å². The van der Waals surface area contributed by atoms with Crippen LogP contribution >= 0.6 is 0 Å². The summed E-state index contributed by atoms with van der Waals surface area (Å²) in [6, 6.07) is 8.95. The summed E-state index contributed by atoms with van der Waals surface area (Å²) in [6.07, 6.45) is 9.31. The molecular weight excluding hydrogens is 312 g/mol. The Morgan fingerprint density at radius 3 is 3.04 bits per heavy atom. The summed E-state index contributed by atoms with van der Waals surface area (Å²) in [7, 11) is 1.76. The summed E-state index contributed by atoms with van der Waals surface area (Å²) in [5, 5.41) is 7.25. The number of aromatic amines is 1. The van der Waals surface area contributed by atoms with Crippen LogP contribution in [0.4, 0.5) is 0 Å². The Bertz CT molecular complexity index is 681. The van der Waals surface area contributed by atoms with Gasteiger partial charge >= 0.3 is 0 Å². The van der Waals surface area contributed by atoms with Crippen LogP contribution in [-0.2, 0) is 11.2 Å². The van der Waals surface area contributed by atoms with Crippen molar-refractivity contribution in [1.29, 1.82) is 0 Å². The zero-order chi connectivity index (χ0) is 17.5. The summed E-state index contributed by atoms with van der Waals surface area (Å²) >= 11 is 0. The van der Waals surface area contributed by atoms with E-state index < -0.39 is 0 Å². The molecule has 2 heterocycles. The number of hydrogen-bond acceptors (Lipinski definition) is 4. The Hall–Kier alpha value is -2.14. The quantitative estimate of drug-likeness (QED) is 0.747. The van der Waals surface area contributed by atoms with Crippen LogP contribution in [0.15, 0.2) is 41.9 Å². The van der Waals surface area contributed by atoms with Crippen LogP contribution in [0.3, 0.4) is 0 Å². The van der Waals surface area contributed by atoms with Crippen LogP contribution in [0, 0.1) is 0 Å². The second-order valence-electron chi connectivity index (χ2n) is 6.59. The van der Waals surface area contributed by atoms with E-state index in [1.54, 1.807) is 13.4 Å². The number of hydrogen-bond donors (Lipinski definition) is 1. The highest BCUT2D eigenvalue weighted by atomic mass is 16.5. The third-order valence-corrected chi connectivity index (χ3v) is 4.76. The van der Waals surface area contributed by atoms with E-state index in [0.29, 0.717) is 6.04 Å². The highest BCUT2D eigenvalue weighted by molar-refractivity contribution is 6.12. The first-order valence-corrected chi connectivity index (χ1v) is 9.24. The summed E-state index contributed by atoms with van der Waals surface area (Å²) < 4.78 is 5.38. The van der Waals surface area contributed by atoms with Crippen LogP contribution in [0.25, 0.3) is 0 Å². The second kappa shape index (κ2) is 8.81. The molecule has 5 heteroatoms. The molecule has 2 aromatic rings. The number of H-pyrrole nitrogens is 1. The van der Waals surface area contributed by atoms with Crippen molar-refractivity contribution in [3.63, 3.8) is 0 Å². The maximum Gasteiger partial charge on any atom is 0.116 e. The lowest BCUT2D eigenvalue weighted by molar-refractivity contribution is 0.118. The molecule has 3 rings (SSSR count). The van der Waals surface area contributed by atoms with Gasteiger partial charge in [0.15, 0.2) is 0 Å². The molecule has 0 amide bonds. The van der Waals surface area contributed by atoms with Gasteiger partial charge in [-0.1, -0.05) is 37.6 Å². The van der Waals surface area contributed by atoms with E-state index in [4.69, 9.17) is 9.84 Å². The smallest absolute Gasteiger partial charge is 0.116 e. The monoisotopic (exact) mass is 340 g/mol. The van der Waals surface area contributed by atoms with Crippen LogP contribution < -0.4 is 0 Å².